The highest BCUT2D eigenvalue weighted by atomic mass is 16.2. The first-order valence-electron chi connectivity index (χ1n) is 9.53. The Bertz CT molecular complexity index is 779. The first-order chi connectivity index (χ1) is 13.2. The van der Waals surface area contributed by atoms with Gasteiger partial charge in [0.25, 0.3) is 5.91 Å². The zero-order valence-corrected chi connectivity index (χ0v) is 15.3. The van der Waals surface area contributed by atoms with Crippen LogP contribution in [0, 0.1) is 5.92 Å². The van der Waals surface area contributed by atoms with Crippen LogP contribution >= 0.6 is 0 Å². The molecule has 2 atom stereocenters. The number of nitrogens with zero attached hydrogens (tertiary/aromatic N) is 6. The van der Waals surface area contributed by atoms with Crippen LogP contribution in [0.1, 0.15) is 36.2 Å². The molecule has 3 fully saturated rings. The number of amides is 2. The van der Waals surface area contributed by atoms with Crippen molar-refractivity contribution in [3.8, 4) is 0 Å². The summed E-state index contributed by atoms with van der Waals surface area (Å²) in [6.07, 6.45) is 8.08. The number of rotatable bonds is 5. The van der Waals surface area contributed by atoms with E-state index >= 15 is 0 Å². The third-order valence-electron chi connectivity index (χ3n) is 5.45. The van der Waals surface area contributed by atoms with Gasteiger partial charge in [-0.25, -0.2) is 4.98 Å². The Morgan fingerprint density at radius 1 is 1.15 bits per heavy atom. The van der Waals surface area contributed by atoms with E-state index in [9.17, 15) is 9.59 Å². The lowest BCUT2D eigenvalue weighted by Crippen LogP contribution is -2.47. The van der Waals surface area contributed by atoms with Crippen molar-refractivity contribution >= 4 is 11.8 Å². The lowest BCUT2D eigenvalue weighted by atomic mass is 9.94. The monoisotopic (exact) mass is 368 g/mol. The molecule has 3 saturated heterocycles. The van der Waals surface area contributed by atoms with E-state index in [1.165, 1.54) is 6.33 Å². The Morgan fingerprint density at radius 3 is 2.85 bits per heavy atom. The molecule has 8 heteroatoms. The fraction of sp³-hybridized carbons (Fsp3) is 0.526. The molecule has 2 aromatic heterocycles. The van der Waals surface area contributed by atoms with Crippen LogP contribution in [-0.2, 0) is 11.3 Å². The van der Waals surface area contributed by atoms with Gasteiger partial charge in [-0.05, 0) is 37.3 Å². The van der Waals surface area contributed by atoms with Crippen LogP contribution in [0.25, 0.3) is 0 Å². The van der Waals surface area contributed by atoms with E-state index in [4.69, 9.17) is 0 Å². The molecule has 2 bridgehead atoms. The van der Waals surface area contributed by atoms with Gasteiger partial charge in [-0.2, -0.15) is 5.10 Å². The van der Waals surface area contributed by atoms with Gasteiger partial charge in [0, 0.05) is 44.8 Å². The average molecular weight is 368 g/mol. The molecule has 8 nitrogen and oxygen atoms in total. The van der Waals surface area contributed by atoms with Crippen LogP contribution in [0.2, 0.25) is 0 Å². The van der Waals surface area contributed by atoms with Gasteiger partial charge in [-0.15, -0.1) is 0 Å². The van der Waals surface area contributed by atoms with Gasteiger partial charge in [-0.3, -0.25) is 19.3 Å². The summed E-state index contributed by atoms with van der Waals surface area (Å²) in [4.78, 5) is 37.6. The van der Waals surface area contributed by atoms with E-state index in [0.29, 0.717) is 37.7 Å². The summed E-state index contributed by atoms with van der Waals surface area (Å²) in [6, 6.07) is 5.50. The molecule has 142 valence electrons. The second-order valence-corrected chi connectivity index (χ2v) is 7.33. The molecule has 0 spiro atoms. The number of aromatic nitrogens is 4. The smallest absolute Gasteiger partial charge is 0.272 e. The Morgan fingerprint density at radius 2 is 2.07 bits per heavy atom. The minimum Gasteiger partial charge on any atom is -0.338 e. The molecule has 2 aromatic rings. The standard InChI is InChI=1S/C19H24N6O2/c26-18(5-3-9-24-14-20-13-22-24)25-11-15-6-7-16(25)12-23(10-15)19(27)17-4-1-2-8-21-17/h1-2,4,8,13-16H,3,5-7,9-12H2/t15-,16+/m0/s1. The summed E-state index contributed by atoms with van der Waals surface area (Å²) in [5.41, 5.74) is 0.476. The molecular weight excluding hydrogens is 344 g/mol. The maximum Gasteiger partial charge on any atom is 0.272 e. The zero-order valence-electron chi connectivity index (χ0n) is 15.3. The average Bonchev–Trinajstić information content (AvgIpc) is 3.05. The second kappa shape index (κ2) is 7.85. The lowest BCUT2D eigenvalue weighted by molar-refractivity contribution is -0.135. The fourth-order valence-electron chi connectivity index (χ4n) is 4.09. The summed E-state index contributed by atoms with van der Waals surface area (Å²) in [5, 5.41) is 4.07. The van der Waals surface area contributed by atoms with Crippen LogP contribution in [0.4, 0.5) is 0 Å². The molecule has 0 unspecified atom stereocenters. The van der Waals surface area contributed by atoms with Crippen molar-refractivity contribution in [3.05, 3.63) is 42.7 Å². The van der Waals surface area contributed by atoms with Crippen molar-refractivity contribution in [2.24, 2.45) is 5.92 Å². The first kappa shape index (κ1) is 17.6. The minimum atomic E-state index is -0.0343. The summed E-state index contributed by atoms with van der Waals surface area (Å²) >= 11 is 0. The van der Waals surface area contributed by atoms with Crippen molar-refractivity contribution in [3.63, 3.8) is 0 Å². The van der Waals surface area contributed by atoms with E-state index in [0.717, 1.165) is 25.8 Å². The third-order valence-corrected chi connectivity index (χ3v) is 5.45. The van der Waals surface area contributed by atoms with E-state index in [-0.39, 0.29) is 17.9 Å². The molecular formula is C19H24N6O2. The fourth-order valence-corrected chi connectivity index (χ4v) is 4.09. The first-order valence-corrected chi connectivity index (χ1v) is 9.53. The Kier molecular flexibility index (Phi) is 5.13. The van der Waals surface area contributed by atoms with Gasteiger partial charge >= 0.3 is 0 Å². The molecule has 0 saturated carbocycles. The third kappa shape index (κ3) is 3.99. The maximum atomic E-state index is 12.8. The van der Waals surface area contributed by atoms with Crippen molar-refractivity contribution < 1.29 is 9.59 Å². The normalized spacial score (nSPS) is 21.9. The Hall–Kier alpha value is -2.77. The van der Waals surface area contributed by atoms with E-state index in [2.05, 4.69) is 15.1 Å². The number of hydrogen-bond acceptors (Lipinski definition) is 5. The molecule has 3 aliphatic heterocycles. The molecule has 0 N–H and O–H groups in total. The Labute approximate surface area is 158 Å². The predicted molar refractivity (Wildman–Crippen MR) is 97.6 cm³/mol. The topological polar surface area (TPSA) is 84.2 Å². The zero-order chi connectivity index (χ0) is 18.6. The number of piperidine rings is 1. The molecule has 2 amide bonds. The maximum absolute atomic E-state index is 12.8. The molecule has 0 radical (unpaired) electrons. The summed E-state index contributed by atoms with van der Waals surface area (Å²) in [5.74, 6) is 0.487. The SMILES string of the molecule is O=C(c1ccccn1)N1C[C@@H]2CC[C@H](C1)N(C(=O)CCCn1cncn1)C2. The summed E-state index contributed by atoms with van der Waals surface area (Å²) < 4.78 is 1.75. The molecule has 27 heavy (non-hydrogen) atoms. The van der Waals surface area contributed by atoms with Crippen LogP contribution in [0.15, 0.2) is 37.1 Å². The predicted octanol–water partition coefficient (Wildman–Crippen LogP) is 1.22. The lowest BCUT2D eigenvalue weighted by Gasteiger charge is -2.36. The molecule has 0 aromatic carbocycles. The van der Waals surface area contributed by atoms with E-state index < -0.39 is 0 Å². The van der Waals surface area contributed by atoms with E-state index in [1.54, 1.807) is 23.3 Å². The molecule has 3 aliphatic rings. The van der Waals surface area contributed by atoms with Crippen LogP contribution < -0.4 is 0 Å². The van der Waals surface area contributed by atoms with Crippen LogP contribution in [0.3, 0.4) is 0 Å². The largest absolute Gasteiger partial charge is 0.338 e. The number of carbonyl (C=O) groups excluding carboxylic acids is 2. The summed E-state index contributed by atoms with van der Waals surface area (Å²) in [7, 11) is 0. The number of fused-ring (bicyclic) bond motifs is 4. The number of carbonyl (C=O) groups is 2. The second-order valence-electron chi connectivity index (χ2n) is 7.33. The van der Waals surface area contributed by atoms with Gasteiger partial charge in [-0.1, -0.05) is 6.07 Å². The van der Waals surface area contributed by atoms with E-state index in [1.807, 2.05) is 21.9 Å². The highest BCUT2D eigenvalue weighted by Crippen LogP contribution is 2.29. The van der Waals surface area contributed by atoms with Gasteiger partial charge < -0.3 is 9.80 Å². The van der Waals surface area contributed by atoms with Crippen LogP contribution in [0.5, 0.6) is 0 Å². The molecule has 5 heterocycles. The molecule has 5 rings (SSSR count). The highest BCUT2D eigenvalue weighted by Gasteiger charge is 2.38. The minimum absolute atomic E-state index is 0.0343. The Balaban J connectivity index is 1.37. The van der Waals surface area contributed by atoms with Crippen molar-refractivity contribution in [2.75, 3.05) is 19.6 Å². The van der Waals surface area contributed by atoms with Crippen molar-refractivity contribution in [1.29, 1.82) is 0 Å². The van der Waals surface area contributed by atoms with Gasteiger partial charge in [0.2, 0.25) is 5.91 Å². The van der Waals surface area contributed by atoms with Gasteiger partial charge in [0.1, 0.15) is 18.3 Å². The van der Waals surface area contributed by atoms with Gasteiger partial charge in [0.15, 0.2) is 0 Å². The number of aryl methyl sites for hydroxylation is 1. The highest BCUT2D eigenvalue weighted by molar-refractivity contribution is 5.92. The quantitative estimate of drug-likeness (QED) is 0.792. The van der Waals surface area contributed by atoms with Crippen molar-refractivity contribution in [1.82, 2.24) is 29.5 Å². The number of pyridine rings is 1. The molecule has 0 aliphatic carbocycles. The summed E-state index contributed by atoms with van der Waals surface area (Å²) in [6.45, 7) is 2.74. The number of hydrogen-bond donors (Lipinski definition) is 0. The van der Waals surface area contributed by atoms with Gasteiger partial charge in [0.05, 0.1) is 0 Å². The van der Waals surface area contributed by atoms with Crippen molar-refractivity contribution in [2.45, 2.75) is 38.3 Å². The van der Waals surface area contributed by atoms with Crippen LogP contribution in [-0.4, -0.2) is 67.0 Å².